The van der Waals surface area contributed by atoms with E-state index in [0.717, 1.165) is 13.1 Å². The van der Waals surface area contributed by atoms with E-state index in [1.54, 1.807) is 18.4 Å². The van der Waals surface area contributed by atoms with Crippen LogP contribution in [0.4, 0.5) is 9.41 Å². The standard InChI is InChI=1S/C27H35BN2O5S.2FH/c1-6-10-26-13-12-25(3,4)27(11-7-2,24(26)33)23(35-28)21(22(26)32)20(31)9-8-19(36)18-29(5)30-14-16-34-17-15-30;;/h6-9,18,36H,1-2,10-17H2,3-5H3;2*1H/b9-8+,19-18-;;. The van der Waals surface area contributed by atoms with E-state index < -0.39 is 27.8 Å². The Balaban J connectivity index is 0.00000361. The third kappa shape index (κ3) is 5.46. The van der Waals surface area contributed by atoms with E-state index >= 15 is 0 Å². The molecule has 1 saturated carbocycles. The fraction of sp³-hybridized carbons (Fsp3) is 0.519. The van der Waals surface area contributed by atoms with E-state index in [1.807, 2.05) is 25.9 Å². The van der Waals surface area contributed by atoms with Gasteiger partial charge in [0.2, 0.25) is 0 Å². The maximum Gasteiger partial charge on any atom is 0.373 e. The number of halogens is 2. The number of Topliss-reactive ketones (excluding diaryl/α,β-unsaturated/α-hetero) is 2. The van der Waals surface area contributed by atoms with Crippen LogP contribution in [-0.2, 0) is 23.8 Å². The zero-order chi connectivity index (χ0) is 26.7. The summed E-state index contributed by atoms with van der Waals surface area (Å²) in [6, 6.07) is 0. The van der Waals surface area contributed by atoms with Crippen molar-refractivity contribution in [1.82, 2.24) is 10.0 Å². The molecule has 11 heteroatoms. The molecule has 38 heavy (non-hydrogen) atoms. The minimum atomic E-state index is -1.38. The van der Waals surface area contributed by atoms with Crippen molar-refractivity contribution >= 4 is 38.0 Å². The average molecular weight is 550 g/mol. The monoisotopic (exact) mass is 550 g/mol. The lowest BCUT2D eigenvalue weighted by Gasteiger charge is -2.57. The van der Waals surface area contributed by atoms with Crippen LogP contribution in [0.1, 0.15) is 39.5 Å². The summed E-state index contributed by atoms with van der Waals surface area (Å²) in [6.45, 7) is 14.3. The summed E-state index contributed by atoms with van der Waals surface area (Å²) in [7, 11) is 7.59. The zero-order valence-corrected chi connectivity index (χ0v) is 23.1. The summed E-state index contributed by atoms with van der Waals surface area (Å²) in [4.78, 5) is 42.0. The summed E-state index contributed by atoms with van der Waals surface area (Å²) >= 11 is 4.49. The Kier molecular flexibility index (Phi) is 11.5. The molecule has 1 saturated heterocycles. The first-order valence-corrected chi connectivity index (χ1v) is 12.6. The molecule has 2 radical (unpaired) electrons. The van der Waals surface area contributed by atoms with Crippen LogP contribution < -0.4 is 0 Å². The molecular formula is C27H37BF2N2O5S. The fourth-order valence-electron chi connectivity index (χ4n) is 5.78. The zero-order valence-electron chi connectivity index (χ0n) is 22.2. The minimum Gasteiger partial charge on any atom is -0.569 e. The summed E-state index contributed by atoms with van der Waals surface area (Å²) in [5.41, 5.74) is -3.47. The van der Waals surface area contributed by atoms with E-state index in [-0.39, 0.29) is 39.4 Å². The predicted octanol–water partition coefficient (Wildman–Crippen LogP) is 3.82. The highest BCUT2D eigenvalue weighted by molar-refractivity contribution is 7.84. The predicted molar refractivity (Wildman–Crippen MR) is 148 cm³/mol. The second-order valence-electron chi connectivity index (χ2n) is 10.2. The molecule has 3 rings (SSSR count). The number of hydrogen-bond acceptors (Lipinski definition) is 8. The Hall–Kier alpha value is -2.50. The number of ether oxygens (including phenoxy) is 1. The fourth-order valence-corrected chi connectivity index (χ4v) is 6.02. The van der Waals surface area contributed by atoms with E-state index in [4.69, 9.17) is 17.4 Å². The molecule has 1 aliphatic heterocycles. The number of fused-ring (bicyclic) bond motifs is 2. The smallest absolute Gasteiger partial charge is 0.373 e. The van der Waals surface area contributed by atoms with Gasteiger partial charge in [-0.25, -0.2) is 5.01 Å². The maximum atomic E-state index is 14.1. The summed E-state index contributed by atoms with van der Waals surface area (Å²) < 4.78 is 10.6. The number of nitrogens with zero attached hydrogens (tertiary/aromatic N) is 2. The van der Waals surface area contributed by atoms with Crippen molar-refractivity contribution in [3.8, 4) is 0 Å². The lowest BCUT2D eigenvalue weighted by atomic mass is 9.43. The van der Waals surface area contributed by atoms with Gasteiger partial charge in [0.05, 0.1) is 24.0 Å². The van der Waals surface area contributed by atoms with Crippen molar-refractivity contribution in [2.24, 2.45) is 16.2 Å². The lowest BCUT2D eigenvalue weighted by Crippen LogP contribution is -2.63. The van der Waals surface area contributed by atoms with E-state index in [2.05, 4.69) is 30.8 Å². The molecule has 0 aromatic heterocycles. The number of hydrogen-bond donors (Lipinski definition) is 1. The first kappa shape index (κ1) is 33.5. The molecule has 2 bridgehead atoms. The Morgan fingerprint density at radius 2 is 1.74 bits per heavy atom. The van der Waals surface area contributed by atoms with Crippen molar-refractivity contribution < 1.29 is 33.2 Å². The number of morpholine rings is 1. The van der Waals surface area contributed by atoms with Gasteiger partial charge in [-0.1, -0.05) is 26.0 Å². The molecule has 0 aromatic rings. The van der Waals surface area contributed by atoms with Crippen LogP contribution in [0.3, 0.4) is 0 Å². The van der Waals surface area contributed by atoms with E-state index in [9.17, 15) is 14.4 Å². The molecule has 0 spiro atoms. The number of allylic oxidation sites excluding steroid dienone is 6. The Labute approximate surface area is 230 Å². The second-order valence-corrected chi connectivity index (χ2v) is 10.7. The van der Waals surface area contributed by atoms with Crippen LogP contribution in [0.2, 0.25) is 0 Å². The van der Waals surface area contributed by atoms with E-state index in [0.29, 0.717) is 31.0 Å². The van der Waals surface area contributed by atoms with Gasteiger partial charge < -0.3 is 14.4 Å². The van der Waals surface area contributed by atoms with E-state index in [1.165, 1.54) is 12.2 Å². The van der Waals surface area contributed by atoms with Gasteiger partial charge in [0.1, 0.15) is 11.3 Å². The van der Waals surface area contributed by atoms with Gasteiger partial charge in [-0.15, -0.1) is 25.8 Å². The highest BCUT2D eigenvalue weighted by Gasteiger charge is 2.69. The van der Waals surface area contributed by atoms with Gasteiger partial charge in [0.25, 0.3) is 0 Å². The van der Waals surface area contributed by atoms with Crippen LogP contribution in [-0.4, -0.2) is 68.8 Å². The molecule has 208 valence electrons. The van der Waals surface area contributed by atoms with Crippen LogP contribution in [0.5, 0.6) is 0 Å². The van der Waals surface area contributed by atoms with Crippen LogP contribution in [0, 0.1) is 16.2 Å². The highest BCUT2D eigenvalue weighted by atomic mass is 32.1. The van der Waals surface area contributed by atoms with Gasteiger partial charge in [-0.3, -0.25) is 23.8 Å². The number of carbonyl (C=O) groups is 3. The molecule has 2 fully saturated rings. The maximum absolute atomic E-state index is 14.1. The highest BCUT2D eigenvalue weighted by Crippen LogP contribution is 2.64. The molecule has 3 aliphatic rings. The van der Waals surface area contributed by atoms with Crippen molar-refractivity contribution in [2.45, 2.75) is 39.5 Å². The first-order valence-electron chi connectivity index (χ1n) is 12.1. The van der Waals surface area contributed by atoms with Gasteiger partial charge in [-0.2, -0.15) is 0 Å². The average Bonchev–Trinajstić information content (AvgIpc) is 2.85. The van der Waals surface area contributed by atoms with Gasteiger partial charge in [0.15, 0.2) is 17.3 Å². The number of hydrazine groups is 1. The molecule has 2 unspecified atom stereocenters. The third-order valence-electron chi connectivity index (χ3n) is 7.90. The van der Waals surface area contributed by atoms with Gasteiger partial charge >= 0.3 is 8.05 Å². The molecular weight excluding hydrogens is 513 g/mol. The molecule has 1 heterocycles. The summed E-state index contributed by atoms with van der Waals surface area (Å²) in [5, 5.41) is 3.98. The Bertz CT molecular complexity index is 1050. The molecule has 0 N–H and O–H groups in total. The molecule has 2 aliphatic carbocycles. The normalized spacial score (nSPS) is 27.3. The van der Waals surface area contributed by atoms with Gasteiger partial charge in [-0.05, 0) is 43.3 Å². The molecule has 2 atom stereocenters. The third-order valence-corrected chi connectivity index (χ3v) is 8.16. The second kappa shape index (κ2) is 13.0. The topological polar surface area (TPSA) is 76.2 Å². The van der Waals surface area contributed by atoms with Crippen molar-refractivity contribution in [2.75, 3.05) is 33.4 Å². The summed E-state index contributed by atoms with van der Waals surface area (Å²) in [6.07, 6.45) is 8.99. The number of rotatable bonds is 10. The quantitative estimate of drug-likeness (QED) is 0.0844. The minimum absolute atomic E-state index is 0. The van der Waals surface area contributed by atoms with Crippen LogP contribution in [0.15, 0.2) is 59.9 Å². The SMILES string of the molecule is F.F.[B]OC1=C(C(=O)/C=C/C(S)=C/N(C)N2CCOCC2)C(=O)C2(CC=C)CCC(C)(C)C1(CC=C)C2=O. The molecule has 0 amide bonds. The summed E-state index contributed by atoms with van der Waals surface area (Å²) in [5.74, 6) is -1.50. The first-order chi connectivity index (χ1) is 17.0. The van der Waals surface area contributed by atoms with Crippen LogP contribution in [0.25, 0.3) is 0 Å². The van der Waals surface area contributed by atoms with Gasteiger partial charge in [0, 0.05) is 31.2 Å². The number of thiol groups is 1. The lowest BCUT2D eigenvalue weighted by molar-refractivity contribution is -0.162. The largest absolute Gasteiger partial charge is 0.569 e. The molecule has 7 nitrogen and oxygen atoms in total. The number of ketones is 3. The molecule has 0 aromatic carbocycles. The number of carbonyl (C=O) groups excluding carboxylic acids is 3. The van der Waals surface area contributed by atoms with Crippen molar-refractivity contribution in [1.29, 1.82) is 0 Å². The van der Waals surface area contributed by atoms with Crippen LogP contribution >= 0.6 is 12.6 Å². The Morgan fingerprint density at radius 3 is 2.29 bits per heavy atom. The van der Waals surface area contributed by atoms with Crippen molar-refractivity contribution in [3.63, 3.8) is 0 Å². The Morgan fingerprint density at radius 1 is 1.13 bits per heavy atom. The van der Waals surface area contributed by atoms with Crippen molar-refractivity contribution in [3.05, 3.63) is 59.9 Å².